The first kappa shape index (κ1) is 19.2. The summed E-state index contributed by atoms with van der Waals surface area (Å²) in [5, 5.41) is 1.05. The largest absolute Gasteiger partial charge is 0.348 e. The van der Waals surface area contributed by atoms with Crippen molar-refractivity contribution >= 4 is 10.9 Å². The maximum Gasteiger partial charge on any atom is 0.348 e. The summed E-state index contributed by atoms with van der Waals surface area (Å²) in [6.07, 6.45) is 0. The van der Waals surface area contributed by atoms with Crippen LogP contribution in [0.5, 0.6) is 0 Å². The van der Waals surface area contributed by atoms with Crippen molar-refractivity contribution in [2.24, 2.45) is 0 Å². The monoisotopic (exact) mass is 385 g/mol. The Labute approximate surface area is 171 Å². The number of nitrogens with zero attached hydrogens (tertiary/aromatic N) is 3. The highest BCUT2D eigenvalue weighted by Crippen LogP contribution is 2.40. The molecule has 0 bridgehead atoms. The first-order chi connectivity index (χ1) is 13.9. The number of fused-ring (bicyclic) bond motifs is 1. The minimum absolute atomic E-state index is 0.00666. The smallest absolute Gasteiger partial charge is 0.340 e. The molecule has 0 unspecified atom stereocenters. The van der Waals surface area contributed by atoms with E-state index < -0.39 is 0 Å². The van der Waals surface area contributed by atoms with Crippen LogP contribution in [0.15, 0.2) is 65.5 Å². The molecule has 0 aliphatic carbocycles. The molecule has 0 saturated carbocycles. The lowest BCUT2D eigenvalue weighted by molar-refractivity contribution is 0.580. The van der Waals surface area contributed by atoms with Gasteiger partial charge < -0.3 is 4.57 Å². The average Bonchev–Trinajstić information content (AvgIpc) is 3.01. The van der Waals surface area contributed by atoms with Gasteiger partial charge in [-0.1, -0.05) is 60.7 Å². The summed E-state index contributed by atoms with van der Waals surface area (Å²) in [6.45, 7) is 10.6. The first-order valence-electron chi connectivity index (χ1n) is 10.2. The molecular weight excluding hydrogens is 358 g/mol. The van der Waals surface area contributed by atoms with Gasteiger partial charge in [-0.2, -0.15) is 4.98 Å². The van der Waals surface area contributed by atoms with E-state index in [1.54, 1.807) is 0 Å². The van der Waals surface area contributed by atoms with Crippen molar-refractivity contribution in [2.75, 3.05) is 0 Å². The van der Waals surface area contributed by atoms with Crippen LogP contribution in [0.4, 0.5) is 0 Å². The second-order valence-corrected chi connectivity index (χ2v) is 8.06. The number of aromatic nitrogens is 3. The van der Waals surface area contributed by atoms with Gasteiger partial charge in [-0.05, 0) is 34.6 Å². The molecule has 2 heterocycles. The third kappa shape index (κ3) is 3.09. The number of hydrogen-bond donors (Lipinski definition) is 0. The summed E-state index contributed by atoms with van der Waals surface area (Å²) in [6, 6.07) is 20.6. The second-order valence-electron chi connectivity index (χ2n) is 8.06. The van der Waals surface area contributed by atoms with Gasteiger partial charge in [0.2, 0.25) is 0 Å². The lowest BCUT2D eigenvalue weighted by Crippen LogP contribution is -2.25. The molecule has 148 valence electrons. The van der Waals surface area contributed by atoms with Crippen molar-refractivity contribution in [3.05, 3.63) is 76.8 Å². The van der Waals surface area contributed by atoms with E-state index in [0.717, 1.165) is 39.1 Å². The normalized spacial score (nSPS) is 11.7. The van der Waals surface area contributed by atoms with Gasteiger partial charge in [-0.15, -0.1) is 0 Å². The van der Waals surface area contributed by atoms with Gasteiger partial charge in [-0.25, -0.2) is 4.79 Å². The maximum atomic E-state index is 13.2. The van der Waals surface area contributed by atoms with E-state index in [1.165, 1.54) is 0 Å². The second kappa shape index (κ2) is 7.36. The summed E-state index contributed by atoms with van der Waals surface area (Å²) in [5.74, 6) is 0. The minimum Gasteiger partial charge on any atom is -0.340 e. The summed E-state index contributed by atoms with van der Waals surface area (Å²) < 4.78 is 4.18. The van der Waals surface area contributed by atoms with Gasteiger partial charge in [-0.3, -0.25) is 4.57 Å². The number of rotatable bonds is 4. The van der Waals surface area contributed by atoms with Crippen LogP contribution in [0.1, 0.15) is 45.5 Å². The fourth-order valence-corrected chi connectivity index (χ4v) is 4.31. The maximum absolute atomic E-state index is 13.2. The van der Waals surface area contributed by atoms with Gasteiger partial charge in [0.15, 0.2) is 0 Å². The van der Waals surface area contributed by atoms with Crippen LogP contribution in [0.2, 0.25) is 0 Å². The number of benzene rings is 2. The third-order valence-electron chi connectivity index (χ3n) is 5.44. The fourth-order valence-electron chi connectivity index (χ4n) is 4.31. The SMILES string of the molecule is Cc1c2c(-c3ccccc3)nc(=O)n(C(C)C)c2c(-c2ccccc2)n1C(C)C. The molecule has 4 heteroatoms. The lowest BCUT2D eigenvalue weighted by Gasteiger charge is -2.17. The zero-order valence-corrected chi connectivity index (χ0v) is 17.7. The van der Waals surface area contributed by atoms with Crippen molar-refractivity contribution in [1.29, 1.82) is 0 Å². The third-order valence-corrected chi connectivity index (χ3v) is 5.44. The Morgan fingerprint density at radius 2 is 1.28 bits per heavy atom. The molecule has 0 N–H and O–H groups in total. The van der Waals surface area contributed by atoms with Crippen LogP contribution in [-0.4, -0.2) is 14.1 Å². The molecular formula is C25H27N3O. The van der Waals surface area contributed by atoms with Crippen molar-refractivity contribution in [1.82, 2.24) is 14.1 Å². The van der Waals surface area contributed by atoms with Crippen molar-refractivity contribution in [2.45, 2.75) is 46.7 Å². The lowest BCUT2D eigenvalue weighted by atomic mass is 10.0. The predicted molar refractivity (Wildman–Crippen MR) is 120 cm³/mol. The van der Waals surface area contributed by atoms with Crippen LogP contribution in [0.25, 0.3) is 33.4 Å². The zero-order chi connectivity index (χ0) is 20.7. The van der Waals surface area contributed by atoms with Crippen LogP contribution >= 0.6 is 0 Å². The van der Waals surface area contributed by atoms with E-state index in [4.69, 9.17) is 0 Å². The minimum atomic E-state index is -0.204. The molecule has 29 heavy (non-hydrogen) atoms. The van der Waals surface area contributed by atoms with E-state index in [9.17, 15) is 4.79 Å². The van der Waals surface area contributed by atoms with Gasteiger partial charge in [0.05, 0.1) is 16.9 Å². The predicted octanol–water partition coefficient (Wildman–Crippen LogP) is 6.00. The van der Waals surface area contributed by atoms with Crippen LogP contribution in [0, 0.1) is 6.92 Å². The Morgan fingerprint density at radius 1 is 0.759 bits per heavy atom. The van der Waals surface area contributed by atoms with Crippen molar-refractivity contribution < 1.29 is 0 Å². The molecule has 0 aliphatic rings. The summed E-state index contributed by atoms with van der Waals surface area (Å²) in [5.41, 5.74) is 5.82. The van der Waals surface area contributed by atoms with Gasteiger partial charge in [0, 0.05) is 34.3 Å². The van der Waals surface area contributed by atoms with Crippen LogP contribution in [-0.2, 0) is 0 Å². The number of aryl methyl sites for hydroxylation is 1. The molecule has 0 atom stereocenters. The summed E-state index contributed by atoms with van der Waals surface area (Å²) >= 11 is 0. The molecule has 0 amide bonds. The molecule has 2 aromatic carbocycles. The highest BCUT2D eigenvalue weighted by Gasteiger charge is 2.25. The Hall–Kier alpha value is -3.14. The molecule has 4 nitrogen and oxygen atoms in total. The standard InChI is InChI=1S/C25H27N3O/c1-16(2)27-18(5)21-22(19-12-8-6-9-13-19)26-25(29)28(17(3)4)24(21)23(27)20-14-10-7-11-15-20/h6-17H,1-5H3. The van der Waals surface area contributed by atoms with Crippen molar-refractivity contribution in [3.8, 4) is 22.5 Å². The molecule has 4 aromatic rings. The zero-order valence-electron chi connectivity index (χ0n) is 17.7. The van der Waals surface area contributed by atoms with E-state index in [0.29, 0.717) is 0 Å². The highest BCUT2D eigenvalue weighted by molar-refractivity contribution is 6.03. The number of hydrogen-bond acceptors (Lipinski definition) is 2. The van der Waals surface area contributed by atoms with E-state index in [1.807, 2.05) is 66.9 Å². The van der Waals surface area contributed by atoms with E-state index in [2.05, 4.69) is 42.5 Å². The Balaban J connectivity index is 2.27. The Kier molecular flexibility index (Phi) is 4.87. The molecule has 0 spiro atoms. The summed E-state index contributed by atoms with van der Waals surface area (Å²) in [4.78, 5) is 17.7. The van der Waals surface area contributed by atoms with Gasteiger partial charge in [0.1, 0.15) is 0 Å². The van der Waals surface area contributed by atoms with Crippen LogP contribution < -0.4 is 5.69 Å². The highest BCUT2D eigenvalue weighted by atomic mass is 16.1. The fraction of sp³-hybridized carbons (Fsp3) is 0.280. The van der Waals surface area contributed by atoms with E-state index in [-0.39, 0.29) is 17.8 Å². The molecule has 2 aromatic heterocycles. The van der Waals surface area contributed by atoms with E-state index >= 15 is 0 Å². The molecule has 4 rings (SSSR count). The Morgan fingerprint density at radius 3 is 1.79 bits per heavy atom. The molecule has 0 radical (unpaired) electrons. The molecule has 0 fully saturated rings. The molecule has 0 aliphatic heterocycles. The van der Waals surface area contributed by atoms with Gasteiger partial charge >= 0.3 is 5.69 Å². The van der Waals surface area contributed by atoms with Gasteiger partial charge in [0.25, 0.3) is 0 Å². The first-order valence-corrected chi connectivity index (χ1v) is 10.2. The van der Waals surface area contributed by atoms with Crippen molar-refractivity contribution in [3.63, 3.8) is 0 Å². The van der Waals surface area contributed by atoms with Crippen LogP contribution in [0.3, 0.4) is 0 Å². The molecule has 0 saturated heterocycles. The summed E-state index contributed by atoms with van der Waals surface area (Å²) in [7, 11) is 0. The quantitative estimate of drug-likeness (QED) is 0.432. The Bertz CT molecular complexity index is 1220. The average molecular weight is 386 g/mol. The topological polar surface area (TPSA) is 39.8 Å².